The average molecular weight is 283 g/mol. The van der Waals surface area contributed by atoms with Gasteiger partial charge in [-0.1, -0.05) is 5.10 Å². The van der Waals surface area contributed by atoms with E-state index in [9.17, 15) is 4.79 Å². The first-order valence-corrected chi connectivity index (χ1v) is 6.37. The van der Waals surface area contributed by atoms with E-state index in [1.165, 1.54) is 11.3 Å². The van der Waals surface area contributed by atoms with Gasteiger partial charge in [0, 0.05) is 19.0 Å². The molecule has 102 valence electrons. The molecule has 2 rings (SSSR count). The van der Waals surface area contributed by atoms with E-state index >= 15 is 0 Å². The molecule has 0 aliphatic rings. The summed E-state index contributed by atoms with van der Waals surface area (Å²) in [6.07, 6.45) is 0. The molecule has 2 N–H and O–H groups in total. The number of carbonyl (C=O) groups excluding carboxylic acids is 1. The van der Waals surface area contributed by atoms with Crippen LogP contribution in [0.1, 0.15) is 5.01 Å². The van der Waals surface area contributed by atoms with E-state index in [0.717, 1.165) is 5.01 Å². The summed E-state index contributed by atoms with van der Waals surface area (Å²) in [6, 6.07) is -0.405. The smallest absolute Gasteiger partial charge is 0.324 e. The van der Waals surface area contributed by atoms with Gasteiger partial charge in [0.2, 0.25) is 0 Å². The van der Waals surface area contributed by atoms with Crippen molar-refractivity contribution in [2.24, 2.45) is 0 Å². The molecule has 2 aromatic rings. The molecule has 0 fully saturated rings. The molecule has 0 saturated carbocycles. The van der Waals surface area contributed by atoms with E-state index in [1.807, 2.05) is 12.3 Å². The molecule has 0 aliphatic carbocycles. The molecule has 0 saturated heterocycles. The second kappa shape index (κ2) is 6.25. The maximum Gasteiger partial charge on any atom is 0.324 e. The lowest BCUT2D eigenvalue weighted by molar-refractivity contribution is 0.198. The summed E-state index contributed by atoms with van der Waals surface area (Å²) in [5, 5.41) is 15.2. The SMILES string of the molecule is COCCNC(=O)Nc1nnc(-c2csc(C)n2)o1. The highest BCUT2D eigenvalue weighted by Gasteiger charge is 2.12. The zero-order valence-electron chi connectivity index (χ0n) is 10.5. The van der Waals surface area contributed by atoms with Gasteiger partial charge in [0.05, 0.1) is 11.6 Å². The Balaban J connectivity index is 1.92. The van der Waals surface area contributed by atoms with Crippen LogP contribution in [0.2, 0.25) is 0 Å². The van der Waals surface area contributed by atoms with E-state index in [2.05, 4.69) is 25.8 Å². The van der Waals surface area contributed by atoms with E-state index in [0.29, 0.717) is 18.8 Å². The molecular formula is C10H13N5O3S. The molecule has 0 unspecified atom stereocenters. The molecule has 0 bridgehead atoms. The van der Waals surface area contributed by atoms with E-state index in [-0.39, 0.29) is 11.9 Å². The molecule has 0 atom stereocenters. The van der Waals surface area contributed by atoms with Crippen molar-refractivity contribution in [3.05, 3.63) is 10.4 Å². The number of amides is 2. The second-order valence-corrected chi connectivity index (χ2v) is 4.60. The van der Waals surface area contributed by atoms with Gasteiger partial charge in [-0.2, -0.15) is 0 Å². The number of nitrogens with one attached hydrogen (secondary N) is 2. The van der Waals surface area contributed by atoms with Gasteiger partial charge >= 0.3 is 12.0 Å². The Labute approximate surface area is 113 Å². The van der Waals surface area contributed by atoms with Crippen LogP contribution in [0.5, 0.6) is 0 Å². The summed E-state index contributed by atoms with van der Waals surface area (Å²) in [6.45, 7) is 2.71. The van der Waals surface area contributed by atoms with Crippen molar-refractivity contribution in [3.63, 3.8) is 0 Å². The summed E-state index contributed by atoms with van der Waals surface area (Å²) in [5.41, 5.74) is 0.600. The fourth-order valence-electron chi connectivity index (χ4n) is 1.25. The van der Waals surface area contributed by atoms with Crippen LogP contribution in [-0.2, 0) is 4.74 Å². The van der Waals surface area contributed by atoms with Crippen molar-refractivity contribution < 1.29 is 13.9 Å². The summed E-state index contributed by atoms with van der Waals surface area (Å²) in [5.74, 6) is 0.275. The van der Waals surface area contributed by atoms with E-state index < -0.39 is 6.03 Å². The normalized spacial score (nSPS) is 10.4. The largest absolute Gasteiger partial charge is 0.401 e. The number of anilines is 1. The predicted octanol–water partition coefficient (Wildman–Crippen LogP) is 1.27. The van der Waals surface area contributed by atoms with Gasteiger partial charge in [0.15, 0.2) is 0 Å². The number of ether oxygens (including phenoxy) is 1. The van der Waals surface area contributed by atoms with E-state index in [4.69, 9.17) is 9.15 Å². The minimum absolute atomic E-state index is 0.0237. The zero-order valence-corrected chi connectivity index (χ0v) is 11.3. The first-order valence-electron chi connectivity index (χ1n) is 5.49. The number of carbonyl (C=O) groups is 1. The van der Waals surface area contributed by atoms with Crippen molar-refractivity contribution >= 4 is 23.4 Å². The minimum Gasteiger partial charge on any atom is -0.401 e. The Hall–Kier alpha value is -2.00. The molecule has 8 nitrogen and oxygen atoms in total. The topological polar surface area (TPSA) is 102 Å². The summed E-state index contributed by atoms with van der Waals surface area (Å²) in [7, 11) is 1.56. The van der Waals surface area contributed by atoms with Gasteiger partial charge in [0.1, 0.15) is 5.69 Å². The minimum atomic E-state index is -0.429. The number of nitrogens with zero attached hydrogens (tertiary/aromatic N) is 3. The molecule has 0 aromatic carbocycles. The summed E-state index contributed by atoms with van der Waals surface area (Å²) >= 11 is 1.48. The first kappa shape index (κ1) is 13.4. The van der Waals surface area contributed by atoms with Crippen LogP contribution in [0, 0.1) is 6.92 Å². The van der Waals surface area contributed by atoms with Crippen LogP contribution in [0.3, 0.4) is 0 Å². The molecule has 9 heteroatoms. The number of hydrogen-bond acceptors (Lipinski definition) is 7. The molecule has 0 spiro atoms. The Morgan fingerprint density at radius 1 is 1.53 bits per heavy atom. The lowest BCUT2D eigenvalue weighted by atomic mass is 10.5. The maximum absolute atomic E-state index is 11.4. The second-order valence-electron chi connectivity index (χ2n) is 3.54. The molecule has 2 aromatic heterocycles. The fourth-order valence-corrected chi connectivity index (χ4v) is 1.83. The molecule has 19 heavy (non-hydrogen) atoms. The third-order valence-corrected chi connectivity index (χ3v) is 2.85. The lowest BCUT2D eigenvalue weighted by Gasteiger charge is -2.02. The van der Waals surface area contributed by atoms with Gasteiger partial charge in [-0.3, -0.25) is 5.32 Å². The van der Waals surface area contributed by atoms with Crippen LogP contribution >= 0.6 is 11.3 Å². The van der Waals surface area contributed by atoms with Crippen molar-refractivity contribution in [1.29, 1.82) is 0 Å². The Morgan fingerprint density at radius 2 is 2.37 bits per heavy atom. The van der Waals surface area contributed by atoms with Crippen LogP contribution in [0.25, 0.3) is 11.6 Å². The summed E-state index contributed by atoms with van der Waals surface area (Å²) in [4.78, 5) is 15.6. The van der Waals surface area contributed by atoms with Crippen LogP contribution in [0.15, 0.2) is 9.80 Å². The van der Waals surface area contributed by atoms with Crippen molar-refractivity contribution in [3.8, 4) is 11.6 Å². The number of thiazole rings is 1. The van der Waals surface area contributed by atoms with Gasteiger partial charge < -0.3 is 14.5 Å². The standard InChI is InChI=1S/C10H13N5O3S/c1-6-12-7(5-19-6)8-14-15-10(18-8)13-9(16)11-3-4-17-2/h5H,3-4H2,1-2H3,(H2,11,13,15,16). The average Bonchev–Trinajstić information content (AvgIpc) is 2.98. The molecule has 0 radical (unpaired) electrons. The summed E-state index contributed by atoms with van der Waals surface area (Å²) < 4.78 is 10.1. The highest BCUT2D eigenvalue weighted by molar-refractivity contribution is 7.09. The van der Waals surface area contributed by atoms with Crippen LogP contribution < -0.4 is 10.6 Å². The van der Waals surface area contributed by atoms with E-state index in [1.54, 1.807) is 7.11 Å². The maximum atomic E-state index is 11.4. The van der Waals surface area contributed by atoms with Crippen LogP contribution in [0.4, 0.5) is 10.8 Å². The number of hydrogen-bond donors (Lipinski definition) is 2. The number of urea groups is 1. The molecule has 0 aliphatic heterocycles. The monoisotopic (exact) mass is 283 g/mol. The van der Waals surface area contributed by atoms with Gasteiger partial charge in [-0.15, -0.1) is 16.4 Å². The number of aryl methyl sites for hydroxylation is 1. The molecule has 2 heterocycles. The highest BCUT2D eigenvalue weighted by Crippen LogP contribution is 2.21. The predicted molar refractivity (Wildman–Crippen MR) is 69.0 cm³/mol. The third-order valence-electron chi connectivity index (χ3n) is 2.08. The van der Waals surface area contributed by atoms with Gasteiger partial charge in [-0.25, -0.2) is 9.78 Å². The van der Waals surface area contributed by atoms with Gasteiger partial charge in [-0.05, 0) is 6.92 Å². The Bertz CT molecular complexity index is 553. The van der Waals surface area contributed by atoms with Gasteiger partial charge in [0.25, 0.3) is 5.89 Å². The zero-order chi connectivity index (χ0) is 13.7. The third kappa shape index (κ3) is 3.73. The Morgan fingerprint density at radius 3 is 3.05 bits per heavy atom. The van der Waals surface area contributed by atoms with Crippen molar-refractivity contribution in [2.75, 3.05) is 25.6 Å². The number of methoxy groups -OCH3 is 1. The quantitative estimate of drug-likeness (QED) is 0.801. The Kier molecular flexibility index (Phi) is 4.42. The number of aromatic nitrogens is 3. The van der Waals surface area contributed by atoms with Crippen molar-refractivity contribution in [1.82, 2.24) is 20.5 Å². The lowest BCUT2D eigenvalue weighted by Crippen LogP contribution is -2.31. The van der Waals surface area contributed by atoms with Crippen LogP contribution in [-0.4, -0.2) is 41.5 Å². The fraction of sp³-hybridized carbons (Fsp3) is 0.400. The molecular weight excluding hydrogens is 270 g/mol. The number of rotatable bonds is 5. The molecule has 2 amide bonds. The highest BCUT2D eigenvalue weighted by atomic mass is 32.1. The first-order chi connectivity index (χ1) is 9.19. The van der Waals surface area contributed by atoms with Crippen molar-refractivity contribution in [2.45, 2.75) is 6.92 Å².